The third-order valence-electron chi connectivity index (χ3n) is 4.51. The predicted octanol–water partition coefficient (Wildman–Crippen LogP) is 3.74. The molecule has 136 valence electrons. The third kappa shape index (κ3) is 4.05. The first-order valence-corrected chi connectivity index (χ1v) is 9.16. The van der Waals surface area contributed by atoms with Gasteiger partial charge in [-0.1, -0.05) is 51.1 Å². The molecule has 0 saturated carbocycles. The molecule has 2 heterocycles. The second-order valence-corrected chi connectivity index (χ2v) is 8.57. The van der Waals surface area contributed by atoms with Crippen molar-refractivity contribution >= 4 is 29.7 Å². The molecule has 0 bridgehead atoms. The van der Waals surface area contributed by atoms with Crippen molar-refractivity contribution in [1.29, 1.82) is 0 Å². The molecule has 0 spiro atoms. The molecule has 1 aliphatic heterocycles. The van der Waals surface area contributed by atoms with Crippen molar-refractivity contribution < 1.29 is 4.79 Å². The van der Waals surface area contributed by atoms with Gasteiger partial charge < -0.3 is 10.6 Å². The van der Waals surface area contributed by atoms with Gasteiger partial charge in [0, 0.05) is 30.5 Å². The van der Waals surface area contributed by atoms with Crippen LogP contribution in [0.2, 0.25) is 0 Å². The van der Waals surface area contributed by atoms with Crippen LogP contribution in [-0.2, 0) is 5.41 Å². The standard InChI is InChI=1S/C19H25N3OS.ClH/c1-12-16(24-18(21-12)19(2,3)4)17(23)22-10-14(15(20)11-22)13-8-6-5-7-9-13;/h5-9,14-15H,10-11,20H2,1-4H3;1H/t14-,15+;/m0./s1. The zero-order valence-electron chi connectivity index (χ0n) is 15.2. The summed E-state index contributed by atoms with van der Waals surface area (Å²) in [7, 11) is 0. The van der Waals surface area contributed by atoms with E-state index in [-0.39, 0.29) is 35.7 Å². The van der Waals surface area contributed by atoms with Gasteiger partial charge in [-0.2, -0.15) is 0 Å². The second-order valence-electron chi connectivity index (χ2n) is 7.57. The zero-order chi connectivity index (χ0) is 17.5. The van der Waals surface area contributed by atoms with Crippen LogP contribution >= 0.6 is 23.7 Å². The molecule has 1 aromatic heterocycles. The molecule has 4 nitrogen and oxygen atoms in total. The minimum atomic E-state index is -0.0397. The number of thiazole rings is 1. The summed E-state index contributed by atoms with van der Waals surface area (Å²) in [6.07, 6.45) is 0. The smallest absolute Gasteiger partial charge is 0.265 e. The number of rotatable bonds is 2. The lowest BCUT2D eigenvalue weighted by Crippen LogP contribution is -2.32. The summed E-state index contributed by atoms with van der Waals surface area (Å²) in [6, 6.07) is 10.2. The van der Waals surface area contributed by atoms with Crippen LogP contribution in [0, 0.1) is 6.92 Å². The zero-order valence-corrected chi connectivity index (χ0v) is 16.8. The molecule has 6 heteroatoms. The molecule has 2 atom stereocenters. The largest absolute Gasteiger partial charge is 0.336 e. The molecule has 25 heavy (non-hydrogen) atoms. The number of likely N-dealkylation sites (tertiary alicyclic amines) is 1. The van der Waals surface area contributed by atoms with Gasteiger partial charge in [0.2, 0.25) is 0 Å². The highest BCUT2D eigenvalue weighted by Gasteiger charge is 2.35. The van der Waals surface area contributed by atoms with Crippen LogP contribution < -0.4 is 5.73 Å². The molecule has 1 fully saturated rings. The lowest BCUT2D eigenvalue weighted by Gasteiger charge is -2.16. The van der Waals surface area contributed by atoms with Crippen molar-refractivity contribution in [2.75, 3.05) is 13.1 Å². The van der Waals surface area contributed by atoms with E-state index in [0.29, 0.717) is 13.1 Å². The minimum absolute atomic E-state index is 0. The van der Waals surface area contributed by atoms with Crippen LogP contribution in [0.5, 0.6) is 0 Å². The van der Waals surface area contributed by atoms with E-state index in [0.717, 1.165) is 15.6 Å². The number of amides is 1. The van der Waals surface area contributed by atoms with Crippen LogP contribution in [0.3, 0.4) is 0 Å². The van der Waals surface area contributed by atoms with E-state index in [4.69, 9.17) is 5.73 Å². The summed E-state index contributed by atoms with van der Waals surface area (Å²) < 4.78 is 0. The number of carbonyl (C=O) groups excluding carboxylic acids is 1. The molecular weight excluding hydrogens is 354 g/mol. The van der Waals surface area contributed by atoms with E-state index in [9.17, 15) is 4.79 Å². The first kappa shape index (κ1) is 19.9. The summed E-state index contributed by atoms with van der Waals surface area (Å²) in [5, 5.41) is 1.01. The van der Waals surface area contributed by atoms with Crippen LogP contribution in [0.15, 0.2) is 30.3 Å². The first-order chi connectivity index (χ1) is 11.3. The summed E-state index contributed by atoms with van der Waals surface area (Å²) in [5.41, 5.74) is 8.31. The van der Waals surface area contributed by atoms with Crippen molar-refractivity contribution in [3.8, 4) is 0 Å². The summed E-state index contributed by atoms with van der Waals surface area (Å²) in [6.45, 7) is 9.56. The molecule has 2 aromatic rings. The number of hydrogen-bond donors (Lipinski definition) is 1. The molecule has 0 aliphatic carbocycles. The van der Waals surface area contributed by atoms with Crippen LogP contribution in [-0.4, -0.2) is 34.9 Å². The van der Waals surface area contributed by atoms with Gasteiger partial charge in [-0.3, -0.25) is 4.79 Å². The molecule has 2 N–H and O–H groups in total. The maximum absolute atomic E-state index is 13.0. The lowest BCUT2D eigenvalue weighted by molar-refractivity contribution is 0.0793. The fourth-order valence-electron chi connectivity index (χ4n) is 3.11. The van der Waals surface area contributed by atoms with Crippen LogP contribution in [0.1, 0.15) is 52.6 Å². The number of hydrogen-bond acceptors (Lipinski definition) is 4. The van der Waals surface area contributed by atoms with Gasteiger partial charge in [0.05, 0.1) is 10.7 Å². The van der Waals surface area contributed by atoms with Gasteiger partial charge in [-0.05, 0) is 12.5 Å². The maximum atomic E-state index is 13.0. The molecule has 1 saturated heterocycles. The molecule has 1 aromatic carbocycles. The average Bonchev–Trinajstić information content (AvgIpc) is 3.10. The molecule has 1 amide bonds. The predicted molar refractivity (Wildman–Crippen MR) is 106 cm³/mol. The SMILES string of the molecule is Cc1nc(C(C)(C)C)sc1C(=O)N1C[C@@H](N)[C@H](c2ccccc2)C1.Cl. The Morgan fingerprint density at radius 2 is 1.88 bits per heavy atom. The third-order valence-corrected chi connectivity index (χ3v) is 6.08. The fraction of sp³-hybridized carbons (Fsp3) is 0.474. The van der Waals surface area contributed by atoms with Crippen LogP contribution in [0.25, 0.3) is 0 Å². The van der Waals surface area contributed by atoms with Gasteiger partial charge in [-0.15, -0.1) is 23.7 Å². The Bertz CT molecular complexity index is 739. The van der Waals surface area contributed by atoms with Gasteiger partial charge in [0.15, 0.2) is 0 Å². The van der Waals surface area contributed by atoms with Crippen molar-refractivity contribution in [3.05, 3.63) is 51.5 Å². The Hall–Kier alpha value is -1.43. The normalized spacial score (nSPS) is 20.4. The van der Waals surface area contributed by atoms with Gasteiger partial charge in [0.1, 0.15) is 4.88 Å². The Labute approximate surface area is 159 Å². The van der Waals surface area contributed by atoms with Crippen molar-refractivity contribution in [2.24, 2.45) is 5.73 Å². The number of carbonyl (C=O) groups is 1. The van der Waals surface area contributed by atoms with E-state index < -0.39 is 0 Å². The van der Waals surface area contributed by atoms with Gasteiger partial charge in [0.25, 0.3) is 5.91 Å². The quantitative estimate of drug-likeness (QED) is 0.864. The Morgan fingerprint density at radius 1 is 1.24 bits per heavy atom. The van der Waals surface area contributed by atoms with Gasteiger partial charge >= 0.3 is 0 Å². The number of halogens is 1. The fourth-order valence-corrected chi connectivity index (χ4v) is 4.20. The molecule has 3 rings (SSSR count). The van der Waals surface area contributed by atoms with E-state index in [1.54, 1.807) is 0 Å². The first-order valence-electron chi connectivity index (χ1n) is 8.35. The monoisotopic (exact) mass is 379 g/mol. The van der Waals surface area contributed by atoms with E-state index in [1.165, 1.54) is 16.9 Å². The van der Waals surface area contributed by atoms with E-state index in [1.807, 2.05) is 30.0 Å². The highest BCUT2D eigenvalue weighted by molar-refractivity contribution is 7.14. The molecule has 0 unspecified atom stereocenters. The summed E-state index contributed by atoms with van der Waals surface area (Å²) in [5.74, 6) is 0.264. The molecule has 0 radical (unpaired) electrons. The topological polar surface area (TPSA) is 59.2 Å². The van der Waals surface area contributed by atoms with Crippen molar-refractivity contribution in [2.45, 2.75) is 45.1 Å². The highest BCUT2D eigenvalue weighted by Crippen LogP contribution is 2.32. The van der Waals surface area contributed by atoms with Crippen molar-refractivity contribution in [3.63, 3.8) is 0 Å². The molecule has 1 aliphatic rings. The van der Waals surface area contributed by atoms with Gasteiger partial charge in [-0.25, -0.2) is 4.98 Å². The van der Waals surface area contributed by atoms with E-state index in [2.05, 4.69) is 37.9 Å². The maximum Gasteiger partial charge on any atom is 0.265 e. The average molecular weight is 380 g/mol. The highest BCUT2D eigenvalue weighted by atomic mass is 35.5. The Balaban J connectivity index is 0.00000225. The second kappa shape index (κ2) is 7.44. The van der Waals surface area contributed by atoms with Crippen LogP contribution in [0.4, 0.5) is 0 Å². The number of aryl methyl sites for hydroxylation is 1. The van der Waals surface area contributed by atoms with E-state index >= 15 is 0 Å². The number of benzene rings is 1. The molecular formula is C19H26ClN3OS. The lowest BCUT2D eigenvalue weighted by atomic mass is 9.95. The minimum Gasteiger partial charge on any atom is -0.336 e. The summed E-state index contributed by atoms with van der Waals surface area (Å²) >= 11 is 1.52. The Kier molecular flexibility index (Phi) is 5.92. The van der Waals surface area contributed by atoms with Crippen molar-refractivity contribution in [1.82, 2.24) is 9.88 Å². The summed E-state index contributed by atoms with van der Waals surface area (Å²) in [4.78, 5) is 20.2. The number of aromatic nitrogens is 1. The Morgan fingerprint density at radius 3 is 2.44 bits per heavy atom. The number of nitrogens with zero attached hydrogens (tertiary/aromatic N) is 2. The number of nitrogens with two attached hydrogens (primary N) is 1.